The number of hydrogen-bond acceptors (Lipinski definition) is 1. The smallest absolute Gasteiger partial charge is 0.0542 e. The van der Waals surface area contributed by atoms with Crippen LogP contribution in [0.5, 0.6) is 0 Å². The molecule has 0 radical (unpaired) electrons. The molecule has 0 aliphatic carbocycles. The lowest BCUT2D eigenvalue weighted by Crippen LogP contribution is -2.18. The quantitative estimate of drug-likeness (QED) is 0.156. The van der Waals surface area contributed by atoms with E-state index in [1.54, 1.807) is 0 Å². The molecule has 0 amide bonds. The lowest BCUT2D eigenvalue weighted by Gasteiger charge is -2.27. The third kappa shape index (κ3) is 7.37. The second-order valence-corrected chi connectivity index (χ2v) is 20.2. The van der Waals surface area contributed by atoms with E-state index in [9.17, 15) is 0 Å². The predicted octanol–water partition coefficient (Wildman–Crippen LogP) is 19.1. The van der Waals surface area contributed by atoms with Crippen molar-refractivity contribution in [3.8, 4) is 39.3 Å². The van der Waals surface area contributed by atoms with E-state index < -0.39 is 0 Å². The number of hydrogen-bond donors (Lipinski definition) is 0. The third-order valence-electron chi connectivity index (χ3n) is 15.8. The highest BCUT2D eigenvalue weighted by molar-refractivity contribution is 6.14. The molecule has 4 heterocycles. The Morgan fingerprint density at radius 2 is 0.714 bits per heavy atom. The molecule has 0 saturated heterocycles. The maximum atomic E-state index is 4.85. The van der Waals surface area contributed by atoms with E-state index in [1.807, 2.05) is 0 Å². The van der Waals surface area contributed by atoms with Crippen LogP contribution in [0.4, 0.5) is 11.4 Å². The molecule has 362 valence electrons. The predicted molar refractivity (Wildman–Crippen MR) is 326 cm³/mol. The molecular weight excluding hydrogens is 933 g/mol. The minimum atomic E-state index is 0.667. The molecule has 77 heavy (non-hydrogen) atoms. The summed E-state index contributed by atoms with van der Waals surface area (Å²) in [5.74, 6) is 0. The van der Waals surface area contributed by atoms with Gasteiger partial charge in [0.25, 0.3) is 0 Å². The maximum absolute atomic E-state index is 4.85. The molecule has 1 aliphatic rings. The molecule has 0 bridgehead atoms. The first-order chi connectivity index (χ1) is 38.1. The van der Waals surface area contributed by atoms with Crippen molar-refractivity contribution in [2.45, 2.75) is 0 Å². The van der Waals surface area contributed by atoms with Crippen LogP contribution in [0, 0.1) is 0 Å². The molecule has 11 aromatic carbocycles. The third-order valence-corrected chi connectivity index (χ3v) is 15.8. The first kappa shape index (κ1) is 44.3. The number of nitrogens with zero attached hydrogens (tertiary/aromatic N) is 4. The fourth-order valence-electron chi connectivity index (χ4n) is 12.2. The number of benzene rings is 11. The van der Waals surface area contributed by atoms with Crippen molar-refractivity contribution in [3.05, 3.63) is 297 Å². The summed E-state index contributed by atoms with van der Waals surface area (Å²) in [4.78, 5) is 2.45. The molecular formula is C73H50N4. The van der Waals surface area contributed by atoms with E-state index in [-0.39, 0.29) is 0 Å². The Kier molecular flexibility index (Phi) is 10.4. The number of fused-ring (bicyclic) bond motifs is 10. The highest BCUT2D eigenvalue weighted by Crippen LogP contribution is 2.44. The van der Waals surface area contributed by atoms with Gasteiger partial charge in [-0.3, -0.25) is 0 Å². The van der Waals surface area contributed by atoms with Crippen LogP contribution in [0.25, 0.3) is 116 Å². The fraction of sp³-hybridized carbons (Fsp3) is 0.0137. The minimum Gasteiger partial charge on any atom is -0.337 e. The topological polar surface area (TPSA) is 18.0 Å². The highest BCUT2D eigenvalue weighted by Gasteiger charge is 2.22. The Morgan fingerprint density at radius 1 is 0.299 bits per heavy atom. The Labute approximate surface area is 446 Å². The van der Waals surface area contributed by atoms with Crippen molar-refractivity contribution in [2.75, 3.05) is 11.4 Å². The molecule has 0 unspecified atom stereocenters. The number of allylic oxidation sites excluding steroid dienone is 4. The van der Waals surface area contributed by atoms with Crippen LogP contribution >= 0.6 is 0 Å². The van der Waals surface area contributed by atoms with E-state index in [0.717, 1.165) is 72.9 Å². The van der Waals surface area contributed by atoms with E-state index in [2.05, 4.69) is 298 Å². The van der Waals surface area contributed by atoms with Crippen LogP contribution in [0.1, 0.15) is 11.1 Å². The zero-order valence-electron chi connectivity index (χ0n) is 42.3. The van der Waals surface area contributed by atoms with E-state index in [0.29, 0.717) is 6.54 Å². The van der Waals surface area contributed by atoms with Crippen LogP contribution in [0.3, 0.4) is 0 Å². The molecule has 0 atom stereocenters. The number of anilines is 2. The van der Waals surface area contributed by atoms with Crippen molar-refractivity contribution < 1.29 is 0 Å². The Bertz CT molecular complexity index is 4710. The largest absolute Gasteiger partial charge is 0.337 e. The van der Waals surface area contributed by atoms with Gasteiger partial charge in [-0.05, 0) is 154 Å². The summed E-state index contributed by atoms with van der Waals surface area (Å²) in [6, 6.07) is 95.2. The van der Waals surface area contributed by atoms with Gasteiger partial charge in [-0.2, -0.15) is 0 Å². The number of rotatable bonds is 7. The van der Waals surface area contributed by atoms with Gasteiger partial charge in [-0.25, -0.2) is 0 Å². The van der Waals surface area contributed by atoms with E-state index >= 15 is 0 Å². The molecule has 4 nitrogen and oxygen atoms in total. The lowest BCUT2D eigenvalue weighted by molar-refractivity contribution is 1.09. The van der Waals surface area contributed by atoms with Crippen molar-refractivity contribution in [2.24, 2.45) is 0 Å². The van der Waals surface area contributed by atoms with Crippen LogP contribution < -0.4 is 4.90 Å². The number of para-hydroxylation sites is 4. The Balaban J connectivity index is 0.905. The first-order valence-corrected chi connectivity index (χ1v) is 26.5. The summed E-state index contributed by atoms with van der Waals surface area (Å²) in [5.41, 5.74) is 21.7. The van der Waals surface area contributed by atoms with Gasteiger partial charge < -0.3 is 18.6 Å². The van der Waals surface area contributed by atoms with Crippen molar-refractivity contribution in [1.82, 2.24) is 13.7 Å². The highest BCUT2D eigenvalue weighted by atomic mass is 15.1. The van der Waals surface area contributed by atoms with Gasteiger partial charge in [-0.15, -0.1) is 0 Å². The molecule has 0 N–H and O–H groups in total. The Morgan fingerprint density at radius 3 is 1.30 bits per heavy atom. The van der Waals surface area contributed by atoms with E-state index in [1.165, 1.54) is 65.5 Å². The van der Waals surface area contributed by atoms with Gasteiger partial charge in [0.2, 0.25) is 0 Å². The molecule has 0 fully saturated rings. The average molecular weight is 983 g/mol. The molecule has 4 heteroatoms. The minimum absolute atomic E-state index is 0.667. The maximum Gasteiger partial charge on any atom is 0.0542 e. The average Bonchev–Trinajstić information content (AvgIpc) is 4.27. The SMILES string of the molecule is C=C1/C=C(c2ccccc2)\C=C/CN(c2ccc3c(c2)c2ccccc2n3-c2ccccc2)c2ccc(-c3ccc4c(c3)c3cc(-c5ccccc5)ccc3n4-c3ccc4c(c3)c3ccccc3n4-c3ccccc3)cc21. The molecule has 1 aliphatic heterocycles. The van der Waals surface area contributed by atoms with Gasteiger partial charge in [0.05, 0.1) is 33.1 Å². The molecule has 3 aromatic heterocycles. The summed E-state index contributed by atoms with van der Waals surface area (Å²) in [5, 5.41) is 7.30. The van der Waals surface area contributed by atoms with Crippen molar-refractivity contribution in [1.29, 1.82) is 0 Å². The second kappa shape index (κ2) is 18.0. The van der Waals surface area contributed by atoms with Crippen molar-refractivity contribution in [3.63, 3.8) is 0 Å². The summed E-state index contributed by atoms with van der Waals surface area (Å²) in [6.45, 7) is 5.51. The first-order valence-electron chi connectivity index (χ1n) is 26.5. The zero-order chi connectivity index (χ0) is 51.0. The van der Waals surface area contributed by atoms with Crippen LogP contribution in [0.2, 0.25) is 0 Å². The molecule has 0 spiro atoms. The normalized spacial score (nSPS) is 14.0. The monoisotopic (exact) mass is 982 g/mol. The Hall–Kier alpha value is -10.2. The zero-order valence-corrected chi connectivity index (χ0v) is 42.3. The second-order valence-electron chi connectivity index (χ2n) is 20.2. The van der Waals surface area contributed by atoms with Gasteiger partial charge in [0.15, 0.2) is 0 Å². The lowest BCUT2D eigenvalue weighted by atomic mass is 9.94. The summed E-state index contributed by atoms with van der Waals surface area (Å²) in [6.07, 6.45) is 6.80. The molecule has 0 saturated carbocycles. The van der Waals surface area contributed by atoms with Crippen molar-refractivity contribution >= 4 is 87.9 Å². The van der Waals surface area contributed by atoms with Crippen LogP contribution in [0.15, 0.2) is 286 Å². The molecule has 14 aromatic rings. The summed E-state index contributed by atoms with van der Waals surface area (Å²) in [7, 11) is 0. The van der Waals surface area contributed by atoms with Gasteiger partial charge >= 0.3 is 0 Å². The van der Waals surface area contributed by atoms with E-state index in [4.69, 9.17) is 6.58 Å². The van der Waals surface area contributed by atoms with Gasteiger partial charge in [0.1, 0.15) is 0 Å². The summed E-state index contributed by atoms with van der Waals surface area (Å²) >= 11 is 0. The van der Waals surface area contributed by atoms with Crippen LogP contribution in [-0.2, 0) is 0 Å². The summed E-state index contributed by atoms with van der Waals surface area (Å²) < 4.78 is 7.22. The molecule has 15 rings (SSSR count). The van der Waals surface area contributed by atoms with Crippen LogP contribution in [-0.4, -0.2) is 20.2 Å². The fourth-order valence-corrected chi connectivity index (χ4v) is 12.2. The van der Waals surface area contributed by atoms with Gasteiger partial charge in [0, 0.05) is 72.9 Å². The standard InChI is InChI=1S/C73H50N4/c1-49-43-52(50-19-6-2-7-20-50)23-18-42-74(58-35-40-72-65(47-58)60-28-14-16-30-68(60)75(72)56-24-10-4-11-25-56)67-37-32-54(44-62(49)67)55-34-39-71-64(46-55)63-45-53(51-21-8-3-9-22-51)33-38-70(63)77(71)59-36-41-73-66(48-59)61-29-15-17-31-69(61)76(73)57-26-12-5-13-27-57/h2-41,43-48H,1,42H2/b23-18-,52-43+. The van der Waals surface area contributed by atoms with Gasteiger partial charge in [-0.1, -0.05) is 170 Å². The number of aromatic nitrogens is 3.